The van der Waals surface area contributed by atoms with Crippen molar-refractivity contribution in [3.63, 3.8) is 0 Å². The van der Waals surface area contributed by atoms with E-state index in [1.165, 1.54) is 18.4 Å². The van der Waals surface area contributed by atoms with Crippen LogP contribution in [-0.2, 0) is 14.3 Å². The van der Waals surface area contributed by atoms with Crippen LogP contribution in [0.2, 0.25) is 0 Å². The van der Waals surface area contributed by atoms with E-state index in [1.807, 2.05) is 35.2 Å². The summed E-state index contributed by atoms with van der Waals surface area (Å²) in [6.07, 6.45) is 0. The molecule has 2 aromatic carbocycles. The van der Waals surface area contributed by atoms with Gasteiger partial charge in [-0.1, -0.05) is 30.3 Å². The standard InChI is InChI=1S/C24H31N3O4/c1-19-8-7-9-20(16-19)26-12-14-27(15-13-26)22(28)17-25-24(2,23(29)30-3)18-31-21-10-5-4-6-11-21/h4-11,16,25H,12-15,17-18H2,1-3H3. The topological polar surface area (TPSA) is 71.1 Å². The fraction of sp³-hybridized carbons (Fsp3) is 0.417. The van der Waals surface area contributed by atoms with Gasteiger partial charge in [-0.25, -0.2) is 4.79 Å². The Kier molecular flexibility index (Phi) is 7.52. The summed E-state index contributed by atoms with van der Waals surface area (Å²) in [7, 11) is 1.33. The summed E-state index contributed by atoms with van der Waals surface area (Å²) in [5.41, 5.74) is 1.27. The number of methoxy groups -OCH3 is 1. The number of carbonyl (C=O) groups excluding carboxylic acids is 2. The largest absolute Gasteiger partial charge is 0.491 e. The highest BCUT2D eigenvalue weighted by Crippen LogP contribution is 2.18. The molecule has 7 heteroatoms. The number of para-hydroxylation sites is 1. The van der Waals surface area contributed by atoms with Crippen molar-refractivity contribution in [2.45, 2.75) is 19.4 Å². The lowest BCUT2D eigenvalue weighted by Crippen LogP contribution is -2.58. The number of hydrogen-bond donors (Lipinski definition) is 1. The van der Waals surface area contributed by atoms with Crippen molar-refractivity contribution < 1.29 is 19.1 Å². The summed E-state index contributed by atoms with van der Waals surface area (Å²) < 4.78 is 10.7. The van der Waals surface area contributed by atoms with E-state index in [2.05, 4.69) is 41.4 Å². The molecule has 1 unspecified atom stereocenters. The molecule has 166 valence electrons. The molecule has 1 saturated heterocycles. The minimum Gasteiger partial charge on any atom is -0.491 e. The summed E-state index contributed by atoms with van der Waals surface area (Å²) in [6.45, 7) is 6.70. The van der Waals surface area contributed by atoms with E-state index in [0.29, 0.717) is 18.8 Å². The summed E-state index contributed by atoms with van der Waals surface area (Å²) in [5, 5.41) is 3.06. The van der Waals surface area contributed by atoms with Crippen molar-refractivity contribution in [1.29, 1.82) is 0 Å². The molecule has 1 atom stereocenters. The third-order valence-corrected chi connectivity index (χ3v) is 5.54. The zero-order valence-electron chi connectivity index (χ0n) is 18.5. The third kappa shape index (κ3) is 5.98. The van der Waals surface area contributed by atoms with Crippen LogP contribution in [0, 0.1) is 6.92 Å². The third-order valence-electron chi connectivity index (χ3n) is 5.54. The molecule has 1 aliphatic rings. The molecule has 31 heavy (non-hydrogen) atoms. The maximum Gasteiger partial charge on any atom is 0.329 e. The van der Waals surface area contributed by atoms with Gasteiger partial charge in [-0.15, -0.1) is 0 Å². The van der Waals surface area contributed by atoms with Gasteiger partial charge in [0.15, 0.2) is 0 Å². The predicted molar refractivity (Wildman–Crippen MR) is 120 cm³/mol. The van der Waals surface area contributed by atoms with Gasteiger partial charge in [0.2, 0.25) is 5.91 Å². The molecule has 7 nitrogen and oxygen atoms in total. The van der Waals surface area contributed by atoms with Crippen molar-refractivity contribution >= 4 is 17.6 Å². The van der Waals surface area contributed by atoms with Gasteiger partial charge in [-0.3, -0.25) is 10.1 Å². The molecular weight excluding hydrogens is 394 g/mol. The number of carbonyl (C=O) groups is 2. The number of hydrogen-bond acceptors (Lipinski definition) is 6. The van der Waals surface area contributed by atoms with Crippen LogP contribution in [-0.4, -0.2) is 68.8 Å². The van der Waals surface area contributed by atoms with E-state index >= 15 is 0 Å². The SMILES string of the molecule is COC(=O)C(C)(COc1ccccc1)NCC(=O)N1CCN(c2cccc(C)c2)CC1. The van der Waals surface area contributed by atoms with Crippen LogP contribution in [0.25, 0.3) is 0 Å². The Bertz CT molecular complexity index is 881. The zero-order valence-corrected chi connectivity index (χ0v) is 18.5. The normalized spacial score (nSPS) is 15.8. The van der Waals surface area contributed by atoms with Crippen molar-refractivity contribution in [1.82, 2.24) is 10.2 Å². The van der Waals surface area contributed by atoms with Crippen LogP contribution < -0.4 is 15.0 Å². The lowest BCUT2D eigenvalue weighted by molar-refractivity contribution is -0.149. The van der Waals surface area contributed by atoms with Crippen LogP contribution in [0.4, 0.5) is 5.69 Å². The number of rotatable bonds is 8. The Balaban J connectivity index is 1.53. The first kappa shape index (κ1) is 22.6. The van der Waals surface area contributed by atoms with E-state index in [1.54, 1.807) is 6.92 Å². The quantitative estimate of drug-likeness (QED) is 0.654. The molecular formula is C24H31N3O4. The minimum absolute atomic E-state index is 0.0359. The number of aryl methyl sites for hydroxylation is 1. The van der Waals surface area contributed by atoms with Crippen molar-refractivity contribution in [2.24, 2.45) is 0 Å². The van der Waals surface area contributed by atoms with Crippen molar-refractivity contribution in [2.75, 3.05) is 51.3 Å². The number of nitrogens with zero attached hydrogens (tertiary/aromatic N) is 2. The number of anilines is 1. The number of piperazine rings is 1. The second-order valence-electron chi connectivity index (χ2n) is 7.99. The summed E-state index contributed by atoms with van der Waals surface area (Å²) in [6, 6.07) is 17.6. The van der Waals surface area contributed by atoms with Gasteiger partial charge in [-0.2, -0.15) is 0 Å². The number of ether oxygens (including phenoxy) is 2. The first-order valence-electron chi connectivity index (χ1n) is 10.5. The van der Waals surface area contributed by atoms with Gasteiger partial charge >= 0.3 is 5.97 Å². The number of benzene rings is 2. The highest BCUT2D eigenvalue weighted by Gasteiger charge is 2.36. The zero-order chi connectivity index (χ0) is 22.3. The molecule has 2 aromatic rings. The first-order chi connectivity index (χ1) is 14.9. The van der Waals surface area contributed by atoms with Gasteiger partial charge in [0, 0.05) is 31.9 Å². The molecule has 0 aromatic heterocycles. The van der Waals surface area contributed by atoms with E-state index in [0.717, 1.165) is 13.1 Å². The molecule has 0 radical (unpaired) electrons. The van der Waals surface area contributed by atoms with Crippen LogP contribution in [0.3, 0.4) is 0 Å². The smallest absolute Gasteiger partial charge is 0.329 e. The van der Waals surface area contributed by atoms with Gasteiger partial charge in [0.1, 0.15) is 17.9 Å². The summed E-state index contributed by atoms with van der Waals surface area (Å²) in [5.74, 6) is 0.136. The maximum atomic E-state index is 12.8. The minimum atomic E-state index is -1.14. The fourth-order valence-corrected chi connectivity index (χ4v) is 3.57. The fourth-order valence-electron chi connectivity index (χ4n) is 3.57. The van der Waals surface area contributed by atoms with E-state index in [-0.39, 0.29) is 19.1 Å². The van der Waals surface area contributed by atoms with Crippen LogP contribution in [0.5, 0.6) is 5.75 Å². The van der Waals surface area contributed by atoms with Gasteiger partial charge in [0.25, 0.3) is 0 Å². The Labute approximate surface area is 183 Å². The summed E-state index contributed by atoms with van der Waals surface area (Å²) in [4.78, 5) is 29.3. The molecule has 0 spiro atoms. The molecule has 3 rings (SSSR count). The summed E-state index contributed by atoms with van der Waals surface area (Å²) >= 11 is 0. The molecule has 1 amide bonds. The average Bonchev–Trinajstić information content (AvgIpc) is 2.81. The molecule has 1 fully saturated rings. The Morgan fingerprint density at radius 1 is 1.03 bits per heavy atom. The van der Waals surface area contributed by atoms with E-state index < -0.39 is 11.5 Å². The Hall–Kier alpha value is -3.06. The molecule has 1 aliphatic heterocycles. The predicted octanol–water partition coefficient (Wildman–Crippen LogP) is 2.24. The first-order valence-corrected chi connectivity index (χ1v) is 10.5. The van der Waals surface area contributed by atoms with Gasteiger partial charge in [0.05, 0.1) is 13.7 Å². The highest BCUT2D eigenvalue weighted by molar-refractivity contribution is 5.83. The molecule has 0 aliphatic carbocycles. The van der Waals surface area contributed by atoms with Crippen molar-refractivity contribution in [3.05, 3.63) is 60.2 Å². The number of amides is 1. The lowest BCUT2D eigenvalue weighted by atomic mass is 10.0. The monoisotopic (exact) mass is 425 g/mol. The lowest BCUT2D eigenvalue weighted by Gasteiger charge is -2.37. The highest BCUT2D eigenvalue weighted by atomic mass is 16.5. The van der Waals surface area contributed by atoms with Crippen LogP contribution >= 0.6 is 0 Å². The molecule has 0 bridgehead atoms. The van der Waals surface area contributed by atoms with E-state index in [4.69, 9.17) is 9.47 Å². The molecule has 1 N–H and O–H groups in total. The maximum absolute atomic E-state index is 12.8. The Morgan fingerprint density at radius 2 is 1.74 bits per heavy atom. The molecule has 0 saturated carbocycles. The van der Waals surface area contributed by atoms with E-state index in [9.17, 15) is 9.59 Å². The van der Waals surface area contributed by atoms with Crippen molar-refractivity contribution in [3.8, 4) is 5.75 Å². The number of esters is 1. The molecule has 1 heterocycles. The number of nitrogens with one attached hydrogen (secondary N) is 1. The second kappa shape index (κ2) is 10.3. The van der Waals surface area contributed by atoms with Crippen LogP contribution in [0.1, 0.15) is 12.5 Å². The van der Waals surface area contributed by atoms with Gasteiger partial charge in [-0.05, 0) is 43.7 Å². The Morgan fingerprint density at radius 3 is 2.39 bits per heavy atom. The second-order valence-corrected chi connectivity index (χ2v) is 7.99. The van der Waals surface area contributed by atoms with Crippen LogP contribution in [0.15, 0.2) is 54.6 Å². The average molecular weight is 426 g/mol. The van der Waals surface area contributed by atoms with Gasteiger partial charge < -0.3 is 19.3 Å².